The summed E-state index contributed by atoms with van der Waals surface area (Å²) in [7, 11) is 0. The minimum Gasteiger partial charge on any atom is -0.459 e. The maximum atomic E-state index is 13.3. The Bertz CT molecular complexity index is 1110. The van der Waals surface area contributed by atoms with E-state index in [1.54, 1.807) is 13.0 Å². The summed E-state index contributed by atoms with van der Waals surface area (Å²) in [5, 5.41) is 11.0. The highest BCUT2D eigenvalue weighted by Crippen LogP contribution is 2.54. The van der Waals surface area contributed by atoms with Crippen LogP contribution in [-0.2, 0) is 42.9 Å². The number of carbonyl (C=O) groups is 5. The van der Waals surface area contributed by atoms with Crippen molar-refractivity contribution in [3.05, 3.63) is 36.5 Å². The number of carbonyl (C=O) groups excluding carboxylic acids is 5. The summed E-state index contributed by atoms with van der Waals surface area (Å²) >= 11 is 6.70. The molecule has 0 aromatic carbocycles. The highest BCUT2D eigenvalue weighted by molar-refractivity contribution is 6.23. The minimum absolute atomic E-state index is 0.0979. The summed E-state index contributed by atoms with van der Waals surface area (Å²) in [4.78, 5) is 62.6. The topological polar surface area (TPSA) is 143 Å². The number of rotatable bonds is 3. The van der Waals surface area contributed by atoms with Gasteiger partial charge in [0, 0.05) is 26.2 Å². The van der Waals surface area contributed by atoms with Crippen molar-refractivity contribution in [2.45, 2.75) is 76.4 Å². The molecule has 0 spiro atoms. The Morgan fingerprint density at radius 2 is 1.65 bits per heavy atom. The van der Waals surface area contributed by atoms with Crippen molar-refractivity contribution >= 4 is 41.3 Å². The van der Waals surface area contributed by atoms with Crippen molar-refractivity contribution in [2.24, 2.45) is 17.3 Å². The SMILES string of the molecule is C=C1[C@@H](OC(C)=O)/C=C\[C@@]2(C)C=CC(=O)[C@@](C)(OC(C)=O)[C@@H]2[C@@H](OC(C)=O)[C@]2(O)[C@@H](C)C(=O)O[C@H]2[C@H]1Cl. The van der Waals surface area contributed by atoms with Gasteiger partial charge in [0.05, 0.1) is 17.2 Å². The number of aliphatic hydroxyl groups is 1. The first-order valence-corrected chi connectivity index (χ1v) is 12.1. The summed E-state index contributed by atoms with van der Waals surface area (Å²) in [6, 6.07) is 0. The molecule has 1 fully saturated rings. The molecule has 10 nitrogen and oxygen atoms in total. The van der Waals surface area contributed by atoms with Crippen LogP contribution in [0.4, 0.5) is 0 Å². The van der Waals surface area contributed by atoms with Crippen molar-refractivity contribution in [3.8, 4) is 0 Å². The highest BCUT2D eigenvalue weighted by Gasteiger charge is 2.70. The molecule has 9 atom stereocenters. The van der Waals surface area contributed by atoms with Crippen LogP contribution in [0.2, 0.25) is 0 Å². The van der Waals surface area contributed by atoms with Gasteiger partial charge in [0.2, 0.25) is 0 Å². The first-order valence-electron chi connectivity index (χ1n) is 11.7. The predicted octanol–water partition coefficient (Wildman–Crippen LogP) is 1.96. The third-order valence-electron chi connectivity index (χ3n) is 7.41. The molecule has 1 aliphatic heterocycles. The van der Waals surface area contributed by atoms with Crippen LogP contribution in [0.15, 0.2) is 36.5 Å². The van der Waals surface area contributed by atoms with Gasteiger partial charge in [-0.2, -0.15) is 0 Å². The minimum atomic E-state index is -2.32. The van der Waals surface area contributed by atoms with Crippen LogP contribution >= 0.6 is 11.6 Å². The molecule has 0 aromatic rings. The van der Waals surface area contributed by atoms with Crippen LogP contribution < -0.4 is 0 Å². The normalized spacial score (nSPS) is 42.1. The van der Waals surface area contributed by atoms with Gasteiger partial charge in [0.15, 0.2) is 23.1 Å². The van der Waals surface area contributed by atoms with E-state index in [0.29, 0.717) is 0 Å². The average molecular weight is 539 g/mol. The molecule has 0 aromatic heterocycles. The van der Waals surface area contributed by atoms with Crippen LogP contribution in [0.3, 0.4) is 0 Å². The summed E-state index contributed by atoms with van der Waals surface area (Å²) in [6.45, 7) is 11.7. The van der Waals surface area contributed by atoms with Crippen molar-refractivity contribution < 1.29 is 48.0 Å². The first kappa shape index (κ1) is 28.6. The van der Waals surface area contributed by atoms with E-state index in [2.05, 4.69) is 6.58 Å². The van der Waals surface area contributed by atoms with Gasteiger partial charge in [-0.3, -0.25) is 24.0 Å². The van der Waals surface area contributed by atoms with E-state index in [1.807, 2.05) is 0 Å². The molecule has 0 bridgehead atoms. The molecule has 0 amide bonds. The van der Waals surface area contributed by atoms with Gasteiger partial charge in [-0.15, -0.1) is 11.6 Å². The Morgan fingerprint density at radius 1 is 1.05 bits per heavy atom. The number of fused-ring (bicyclic) bond motifs is 2. The van der Waals surface area contributed by atoms with Crippen molar-refractivity contribution in [3.63, 3.8) is 0 Å². The summed E-state index contributed by atoms with van der Waals surface area (Å²) in [5.41, 5.74) is -5.44. The first-order chi connectivity index (χ1) is 17.0. The zero-order chi connectivity index (χ0) is 28.1. The Hall–Kier alpha value is -2.98. The number of ketones is 1. The van der Waals surface area contributed by atoms with E-state index >= 15 is 0 Å². The summed E-state index contributed by atoms with van der Waals surface area (Å²) < 4.78 is 22.2. The molecule has 3 rings (SSSR count). The number of esters is 4. The zero-order valence-corrected chi connectivity index (χ0v) is 22.2. The second-order valence-corrected chi connectivity index (χ2v) is 10.6. The molecule has 3 aliphatic rings. The van der Waals surface area contributed by atoms with Crippen LogP contribution in [-0.4, -0.2) is 69.7 Å². The molecular weight excluding hydrogens is 508 g/mol. The molecule has 202 valence electrons. The van der Waals surface area contributed by atoms with Crippen molar-refractivity contribution in [1.82, 2.24) is 0 Å². The van der Waals surface area contributed by atoms with E-state index in [1.165, 1.54) is 39.0 Å². The molecular formula is C26H31ClO10. The molecule has 0 radical (unpaired) electrons. The van der Waals surface area contributed by atoms with Gasteiger partial charge in [-0.05, 0) is 31.6 Å². The standard InChI is InChI=1S/C26H31ClO10/c1-12-17(34-14(3)28)8-10-24(6)11-9-18(31)25(7,37-16(5)30)20(24)22(35-15(4)29)26(33)13(2)23(32)36-21(26)19(12)27/h8-11,13,17,19-22,33H,1H2,2-7H3/b10-8-/t13-,17-,19-,20+,21-,22+,24-,25+,26-/m0/s1. The Balaban J connectivity index is 2.43. The van der Waals surface area contributed by atoms with Crippen LogP contribution in [0, 0.1) is 17.3 Å². The second kappa shape index (κ2) is 9.72. The third-order valence-corrected chi connectivity index (χ3v) is 7.92. The average Bonchev–Trinajstić information content (AvgIpc) is 3.01. The maximum Gasteiger partial charge on any atom is 0.312 e. The van der Waals surface area contributed by atoms with Crippen LogP contribution in [0.25, 0.3) is 0 Å². The Kier molecular flexibility index (Phi) is 7.51. The lowest BCUT2D eigenvalue weighted by atomic mass is 9.56. The molecule has 11 heteroatoms. The van der Waals surface area contributed by atoms with Gasteiger partial charge >= 0.3 is 23.9 Å². The highest BCUT2D eigenvalue weighted by atomic mass is 35.5. The quantitative estimate of drug-likeness (QED) is 0.245. The number of ether oxygens (including phenoxy) is 4. The van der Waals surface area contributed by atoms with Gasteiger partial charge in [0.25, 0.3) is 0 Å². The lowest BCUT2D eigenvalue weighted by Crippen LogP contribution is -2.68. The lowest BCUT2D eigenvalue weighted by Gasteiger charge is -2.53. The summed E-state index contributed by atoms with van der Waals surface area (Å²) in [6.07, 6.45) is 1.51. The predicted molar refractivity (Wildman–Crippen MR) is 129 cm³/mol. The smallest absolute Gasteiger partial charge is 0.312 e. The number of allylic oxidation sites excluding steroid dienone is 2. The van der Waals surface area contributed by atoms with Crippen LogP contribution in [0.5, 0.6) is 0 Å². The molecule has 0 saturated carbocycles. The number of alkyl halides is 1. The largest absolute Gasteiger partial charge is 0.459 e. The van der Waals surface area contributed by atoms with Gasteiger partial charge in [0.1, 0.15) is 12.2 Å². The van der Waals surface area contributed by atoms with E-state index in [-0.39, 0.29) is 5.57 Å². The maximum absolute atomic E-state index is 13.3. The van der Waals surface area contributed by atoms with Gasteiger partial charge in [-0.25, -0.2) is 0 Å². The molecule has 1 N–H and O–H groups in total. The number of hydrogen-bond donors (Lipinski definition) is 1. The lowest BCUT2D eigenvalue weighted by molar-refractivity contribution is -0.220. The Morgan fingerprint density at radius 3 is 2.19 bits per heavy atom. The molecule has 1 heterocycles. The van der Waals surface area contributed by atoms with E-state index in [0.717, 1.165) is 13.8 Å². The summed E-state index contributed by atoms with van der Waals surface area (Å²) in [5.74, 6) is -6.32. The Labute approximate surface area is 219 Å². The van der Waals surface area contributed by atoms with E-state index in [9.17, 15) is 29.1 Å². The van der Waals surface area contributed by atoms with Gasteiger partial charge in [-0.1, -0.05) is 25.7 Å². The molecule has 0 unspecified atom stereocenters. The number of hydrogen-bond acceptors (Lipinski definition) is 10. The molecule has 2 aliphatic carbocycles. The van der Waals surface area contributed by atoms with Crippen molar-refractivity contribution in [2.75, 3.05) is 0 Å². The fraction of sp³-hybridized carbons (Fsp3) is 0.577. The monoisotopic (exact) mass is 538 g/mol. The van der Waals surface area contributed by atoms with Crippen LogP contribution in [0.1, 0.15) is 41.5 Å². The van der Waals surface area contributed by atoms with Gasteiger partial charge < -0.3 is 24.1 Å². The second-order valence-electron chi connectivity index (χ2n) is 10.1. The van der Waals surface area contributed by atoms with E-state index < -0.39 is 81.8 Å². The fourth-order valence-electron chi connectivity index (χ4n) is 5.59. The molecule has 1 saturated heterocycles. The fourth-order valence-corrected chi connectivity index (χ4v) is 5.97. The molecule has 37 heavy (non-hydrogen) atoms. The zero-order valence-electron chi connectivity index (χ0n) is 21.5. The van der Waals surface area contributed by atoms with E-state index in [4.69, 9.17) is 30.5 Å². The number of halogens is 1. The van der Waals surface area contributed by atoms with Crippen molar-refractivity contribution in [1.29, 1.82) is 0 Å². The third kappa shape index (κ3) is 4.72.